The molecule has 0 aliphatic rings. The molecular formula is C27H37NO5. The first-order chi connectivity index (χ1) is 16.0. The van der Waals surface area contributed by atoms with Gasteiger partial charge in [-0.25, -0.2) is 0 Å². The summed E-state index contributed by atoms with van der Waals surface area (Å²) in [5.41, 5.74) is 5.22. The van der Waals surface area contributed by atoms with Crippen molar-refractivity contribution in [3.63, 3.8) is 0 Å². The van der Waals surface area contributed by atoms with Gasteiger partial charge in [-0.1, -0.05) is 41.6 Å². The van der Waals surface area contributed by atoms with Crippen molar-refractivity contribution in [2.24, 2.45) is 5.16 Å². The van der Waals surface area contributed by atoms with E-state index in [-0.39, 0.29) is 0 Å². The molecule has 2 aromatic rings. The Kier molecular flexibility index (Phi) is 12.1. The van der Waals surface area contributed by atoms with E-state index in [9.17, 15) is 0 Å². The molecule has 0 N–H and O–H groups in total. The van der Waals surface area contributed by atoms with E-state index in [1.807, 2.05) is 52.0 Å². The number of aryl methyl sites for hydroxylation is 2. The second-order valence-corrected chi connectivity index (χ2v) is 7.84. The Balaban J connectivity index is 1.65. The second kappa shape index (κ2) is 15.1. The van der Waals surface area contributed by atoms with Gasteiger partial charge in [0.2, 0.25) is 0 Å². The summed E-state index contributed by atoms with van der Waals surface area (Å²) in [6.07, 6.45) is 4.79. The highest BCUT2D eigenvalue weighted by Crippen LogP contribution is 2.28. The van der Waals surface area contributed by atoms with E-state index in [4.69, 9.17) is 23.8 Å². The number of hydrogen-bond acceptors (Lipinski definition) is 6. The average Bonchev–Trinajstić information content (AvgIpc) is 2.79. The van der Waals surface area contributed by atoms with Gasteiger partial charge in [-0.15, -0.1) is 0 Å². The Labute approximate surface area is 198 Å². The molecule has 6 heteroatoms. The summed E-state index contributed by atoms with van der Waals surface area (Å²) in [7, 11) is 1.53. The van der Waals surface area contributed by atoms with E-state index in [0.29, 0.717) is 39.6 Å². The van der Waals surface area contributed by atoms with Gasteiger partial charge in [0.1, 0.15) is 25.2 Å². The molecule has 0 aromatic heterocycles. The van der Waals surface area contributed by atoms with E-state index in [2.05, 4.69) is 29.4 Å². The lowest BCUT2D eigenvalue weighted by Gasteiger charge is -2.14. The van der Waals surface area contributed by atoms with E-state index in [1.165, 1.54) is 7.11 Å². The molecule has 0 bridgehead atoms. The van der Waals surface area contributed by atoms with Crippen LogP contribution in [0.2, 0.25) is 0 Å². The quantitative estimate of drug-likeness (QED) is 0.147. The fraction of sp³-hybridized carbons (Fsp3) is 0.444. The Bertz CT molecular complexity index is 867. The van der Waals surface area contributed by atoms with Gasteiger partial charge in [0.15, 0.2) is 0 Å². The molecule has 6 nitrogen and oxygen atoms in total. The zero-order chi connectivity index (χ0) is 23.9. The predicted molar refractivity (Wildman–Crippen MR) is 132 cm³/mol. The highest BCUT2D eigenvalue weighted by Gasteiger charge is 2.07. The lowest BCUT2D eigenvalue weighted by Crippen LogP contribution is -2.06. The van der Waals surface area contributed by atoms with Crippen molar-refractivity contribution in [2.45, 2.75) is 47.3 Å². The van der Waals surface area contributed by atoms with Gasteiger partial charge in [0.25, 0.3) is 0 Å². The van der Waals surface area contributed by atoms with E-state index in [1.54, 1.807) is 0 Å². The molecule has 0 aliphatic heterocycles. The van der Waals surface area contributed by atoms with Crippen LogP contribution in [0.1, 0.15) is 42.5 Å². The molecule has 0 heterocycles. The maximum atomic E-state index is 6.01. The summed E-state index contributed by atoms with van der Waals surface area (Å²) < 4.78 is 23.2. The molecule has 0 fully saturated rings. The van der Waals surface area contributed by atoms with Gasteiger partial charge in [-0.3, -0.25) is 0 Å². The fourth-order valence-corrected chi connectivity index (χ4v) is 3.22. The molecule has 2 rings (SSSR count). The summed E-state index contributed by atoms with van der Waals surface area (Å²) in [6.45, 7) is 11.4. The Morgan fingerprint density at radius 1 is 0.909 bits per heavy atom. The molecule has 0 unspecified atom stereocenters. The van der Waals surface area contributed by atoms with Crippen LogP contribution in [0.25, 0.3) is 0 Å². The van der Waals surface area contributed by atoms with Gasteiger partial charge in [-0.2, -0.15) is 0 Å². The summed E-state index contributed by atoms with van der Waals surface area (Å²) in [6, 6.07) is 12.3. The highest BCUT2D eigenvalue weighted by atomic mass is 16.6. The van der Waals surface area contributed by atoms with Crippen molar-refractivity contribution in [3.8, 4) is 11.5 Å². The minimum Gasteiger partial charge on any atom is -0.493 e. The third kappa shape index (κ3) is 10.1. The van der Waals surface area contributed by atoms with Crippen LogP contribution in [-0.4, -0.2) is 39.2 Å². The lowest BCUT2D eigenvalue weighted by atomic mass is 10.1. The number of ether oxygens (including phenoxy) is 4. The summed E-state index contributed by atoms with van der Waals surface area (Å²) >= 11 is 0. The van der Waals surface area contributed by atoms with Crippen molar-refractivity contribution >= 4 is 5.71 Å². The minimum absolute atomic E-state index is 0.453. The van der Waals surface area contributed by atoms with Gasteiger partial charge in [0.05, 0.1) is 38.7 Å². The molecule has 2 aromatic carbocycles. The lowest BCUT2D eigenvalue weighted by molar-refractivity contribution is 0.107. The van der Waals surface area contributed by atoms with Crippen LogP contribution in [0.5, 0.6) is 11.5 Å². The first-order valence-corrected chi connectivity index (χ1v) is 11.3. The smallest absolute Gasteiger partial charge is 0.125 e. The second-order valence-electron chi connectivity index (χ2n) is 7.84. The molecule has 0 atom stereocenters. The Morgan fingerprint density at radius 3 is 2.15 bits per heavy atom. The summed E-state index contributed by atoms with van der Waals surface area (Å²) in [5, 5.41) is 3.83. The Morgan fingerprint density at radius 2 is 1.55 bits per heavy atom. The van der Waals surface area contributed by atoms with Crippen LogP contribution >= 0.6 is 0 Å². The average molecular weight is 456 g/mol. The number of benzene rings is 2. The zero-order valence-electron chi connectivity index (χ0n) is 20.6. The fourth-order valence-electron chi connectivity index (χ4n) is 3.22. The first-order valence-electron chi connectivity index (χ1n) is 11.3. The maximum Gasteiger partial charge on any atom is 0.125 e. The van der Waals surface area contributed by atoms with Gasteiger partial charge < -0.3 is 23.8 Å². The predicted octanol–water partition coefficient (Wildman–Crippen LogP) is 5.78. The molecule has 0 saturated heterocycles. The van der Waals surface area contributed by atoms with Crippen molar-refractivity contribution < 1.29 is 23.8 Å². The summed E-state index contributed by atoms with van der Waals surface area (Å²) in [4.78, 5) is 4.72. The molecular weight excluding hydrogens is 418 g/mol. The number of allylic oxidation sites excluding steroid dienone is 1. The molecule has 0 amide bonds. The van der Waals surface area contributed by atoms with Gasteiger partial charge >= 0.3 is 0 Å². The first kappa shape index (κ1) is 26.4. The third-order valence-electron chi connectivity index (χ3n) is 4.81. The third-order valence-corrected chi connectivity index (χ3v) is 4.81. The molecule has 0 saturated carbocycles. The molecule has 0 spiro atoms. The zero-order valence-corrected chi connectivity index (χ0v) is 20.6. The van der Waals surface area contributed by atoms with Crippen LogP contribution < -0.4 is 9.47 Å². The largest absolute Gasteiger partial charge is 0.493 e. The number of oxime groups is 1. The topological polar surface area (TPSA) is 58.5 Å². The number of rotatable bonds is 15. The van der Waals surface area contributed by atoms with Crippen LogP contribution in [0.3, 0.4) is 0 Å². The van der Waals surface area contributed by atoms with Crippen molar-refractivity contribution in [1.82, 2.24) is 0 Å². The van der Waals surface area contributed by atoms with E-state index < -0.39 is 0 Å². The molecule has 0 aliphatic carbocycles. The van der Waals surface area contributed by atoms with Crippen LogP contribution in [0.4, 0.5) is 0 Å². The molecule has 33 heavy (non-hydrogen) atoms. The number of nitrogens with zero attached hydrogens (tertiary/aromatic N) is 1. The normalized spacial score (nSPS) is 11.7. The maximum absolute atomic E-state index is 6.01. The van der Waals surface area contributed by atoms with Crippen molar-refractivity contribution in [3.05, 3.63) is 70.8 Å². The van der Waals surface area contributed by atoms with Crippen molar-refractivity contribution in [2.75, 3.05) is 33.5 Å². The highest BCUT2D eigenvalue weighted by molar-refractivity contribution is 5.82. The summed E-state index contributed by atoms with van der Waals surface area (Å²) in [5.74, 6) is 1.79. The van der Waals surface area contributed by atoms with Crippen molar-refractivity contribution in [1.29, 1.82) is 0 Å². The van der Waals surface area contributed by atoms with Gasteiger partial charge in [0, 0.05) is 6.42 Å². The van der Waals surface area contributed by atoms with Crippen LogP contribution in [0.15, 0.2) is 53.7 Å². The standard InChI is InChI=1S/C27H37NO5/c1-6-7-14-32-26-16-21(2)27(22(3)17-26)33-15-8-13-30-19-24-9-11-25(12-10-24)20-31-18-23(4)28-29-5/h6-7,9-12,16-17H,8,13-15,18-20H2,1-5H3/b7-6+,28-23?. The molecule has 0 radical (unpaired) electrons. The van der Waals surface area contributed by atoms with Gasteiger partial charge in [-0.05, 0) is 62.1 Å². The number of hydrogen-bond donors (Lipinski definition) is 0. The van der Waals surface area contributed by atoms with E-state index >= 15 is 0 Å². The molecule has 180 valence electrons. The van der Waals surface area contributed by atoms with E-state index in [0.717, 1.165) is 45.9 Å². The SMILES string of the molecule is C/C=C/COc1cc(C)c(OCCCOCc2ccc(COCC(C)=NOC)cc2)c(C)c1. The minimum atomic E-state index is 0.453. The monoisotopic (exact) mass is 455 g/mol. The van der Waals surface area contributed by atoms with Crippen LogP contribution in [-0.2, 0) is 27.5 Å². The van der Waals surface area contributed by atoms with Crippen LogP contribution in [0, 0.1) is 13.8 Å². The Hall–Kier alpha value is -2.83.